The van der Waals surface area contributed by atoms with Crippen molar-refractivity contribution in [3.63, 3.8) is 0 Å². The standard InChI is InChI=1S/C22H17N3O4S/c1-27-15-9-3-2-7-14(15)8-6-12-19-21(26)25-22(30-19)23-20(24-25)18-13-28-16-10-4-5-11-17(16)29-18/h2-12,18H,13H2,1H3/b8-6+,19-12-. The second-order valence-electron chi connectivity index (χ2n) is 6.57. The number of thiazole rings is 1. The number of ether oxygens (including phenoxy) is 3. The van der Waals surface area contributed by atoms with Gasteiger partial charge in [0, 0.05) is 5.56 Å². The van der Waals surface area contributed by atoms with E-state index >= 15 is 0 Å². The second-order valence-corrected chi connectivity index (χ2v) is 7.58. The molecule has 8 heteroatoms. The Bertz CT molecular complexity index is 1360. The van der Waals surface area contributed by atoms with Crippen molar-refractivity contribution in [2.24, 2.45) is 0 Å². The molecule has 0 saturated heterocycles. The number of hydrogen-bond acceptors (Lipinski definition) is 7. The number of hydrogen-bond donors (Lipinski definition) is 0. The van der Waals surface area contributed by atoms with Gasteiger partial charge in [-0.2, -0.15) is 9.50 Å². The zero-order valence-electron chi connectivity index (χ0n) is 16.0. The van der Waals surface area contributed by atoms with Gasteiger partial charge in [-0.05, 0) is 24.3 Å². The van der Waals surface area contributed by atoms with Crippen LogP contribution in [0.5, 0.6) is 17.2 Å². The van der Waals surface area contributed by atoms with Gasteiger partial charge in [-0.25, -0.2) is 0 Å². The van der Waals surface area contributed by atoms with E-state index in [0.717, 1.165) is 11.3 Å². The summed E-state index contributed by atoms with van der Waals surface area (Å²) in [4.78, 5) is 17.7. The van der Waals surface area contributed by atoms with Crippen LogP contribution in [-0.2, 0) is 0 Å². The zero-order valence-corrected chi connectivity index (χ0v) is 16.8. The number of nitrogens with zero attached hydrogens (tertiary/aromatic N) is 3. The topological polar surface area (TPSA) is 74.9 Å². The molecule has 7 nitrogen and oxygen atoms in total. The van der Waals surface area contributed by atoms with E-state index in [-0.39, 0.29) is 5.56 Å². The van der Waals surface area contributed by atoms with Crippen LogP contribution in [0.1, 0.15) is 17.5 Å². The lowest BCUT2D eigenvalue weighted by Gasteiger charge is -2.24. The minimum absolute atomic E-state index is 0.212. The number of rotatable bonds is 4. The van der Waals surface area contributed by atoms with Crippen LogP contribution in [0.2, 0.25) is 0 Å². The third kappa shape index (κ3) is 3.31. The fourth-order valence-corrected chi connectivity index (χ4v) is 4.06. The summed E-state index contributed by atoms with van der Waals surface area (Å²) in [6, 6.07) is 15.1. The summed E-state index contributed by atoms with van der Waals surface area (Å²) in [7, 11) is 1.63. The maximum atomic E-state index is 12.7. The third-order valence-electron chi connectivity index (χ3n) is 4.66. The molecule has 150 valence electrons. The van der Waals surface area contributed by atoms with Crippen LogP contribution >= 0.6 is 11.3 Å². The highest BCUT2D eigenvalue weighted by molar-refractivity contribution is 7.15. The Morgan fingerprint density at radius 3 is 2.80 bits per heavy atom. The molecule has 0 spiro atoms. The van der Waals surface area contributed by atoms with E-state index in [1.807, 2.05) is 60.7 Å². The van der Waals surface area contributed by atoms with Crippen molar-refractivity contribution in [3.05, 3.63) is 80.9 Å². The summed E-state index contributed by atoms with van der Waals surface area (Å²) < 4.78 is 18.8. The smallest absolute Gasteiger partial charge is 0.291 e. The summed E-state index contributed by atoms with van der Waals surface area (Å²) in [6.07, 6.45) is 5.01. The van der Waals surface area contributed by atoms with Crippen molar-refractivity contribution in [1.82, 2.24) is 14.6 Å². The lowest BCUT2D eigenvalue weighted by atomic mass is 10.2. The van der Waals surface area contributed by atoms with Gasteiger partial charge in [0.15, 0.2) is 23.4 Å². The summed E-state index contributed by atoms with van der Waals surface area (Å²) in [6.45, 7) is 0.295. The molecule has 5 rings (SSSR count). The first kappa shape index (κ1) is 18.4. The van der Waals surface area contributed by atoms with Gasteiger partial charge in [0.25, 0.3) is 5.56 Å². The van der Waals surface area contributed by atoms with E-state index in [1.54, 1.807) is 13.2 Å². The van der Waals surface area contributed by atoms with Crippen LogP contribution in [-0.4, -0.2) is 28.3 Å². The molecule has 0 N–H and O–H groups in total. The lowest BCUT2D eigenvalue weighted by Crippen LogP contribution is -2.25. The van der Waals surface area contributed by atoms with Crippen LogP contribution in [0.15, 0.2) is 59.4 Å². The van der Waals surface area contributed by atoms with Crippen molar-refractivity contribution >= 4 is 28.4 Å². The van der Waals surface area contributed by atoms with Crippen molar-refractivity contribution < 1.29 is 14.2 Å². The van der Waals surface area contributed by atoms with Gasteiger partial charge in [0.2, 0.25) is 4.96 Å². The van der Waals surface area contributed by atoms with Gasteiger partial charge in [-0.3, -0.25) is 4.79 Å². The monoisotopic (exact) mass is 419 g/mol. The molecule has 0 amide bonds. The Hall–Kier alpha value is -3.65. The van der Waals surface area contributed by atoms with Gasteiger partial charge < -0.3 is 14.2 Å². The summed E-state index contributed by atoms with van der Waals surface area (Å²) in [5.41, 5.74) is 0.718. The van der Waals surface area contributed by atoms with Crippen molar-refractivity contribution in [2.45, 2.75) is 6.10 Å². The molecule has 3 heterocycles. The average molecular weight is 419 g/mol. The van der Waals surface area contributed by atoms with Gasteiger partial charge in [0.05, 0.1) is 11.6 Å². The molecule has 1 aliphatic rings. The lowest BCUT2D eigenvalue weighted by molar-refractivity contribution is 0.0852. The van der Waals surface area contributed by atoms with Gasteiger partial charge >= 0.3 is 0 Å². The van der Waals surface area contributed by atoms with E-state index in [1.165, 1.54) is 15.9 Å². The Labute approximate surface area is 175 Å². The molecule has 0 radical (unpaired) electrons. The Kier molecular flexibility index (Phi) is 4.68. The second kappa shape index (κ2) is 7.64. The molecule has 2 aromatic heterocycles. The minimum atomic E-state index is -0.454. The highest BCUT2D eigenvalue weighted by Crippen LogP contribution is 2.35. The summed E-state index contributed by atoms with van der Waals surface area (Å²) in [5, 5.41) is 4.36. The van der Waals surface area contributed by atoms with E-state index in [9.17, 15) is 4.79 Å². The molecule has 0 bridgehead atoms. The first-order valence-electron chi connectivity index (χ1n) is 9.32. The first-order valence-corrected chi connectivity index (χ1v) is 10.1. The molecule has 0 fully saturated rings. The first-order chi connectivity index (χ1) is 14.7. The number of fused-ring (bicyclic) bond motifs is 2. The van der Waals surface area contributed by atoms with Gasteiger partial charge in [-0.1, -0.05) is 53.8 Å². The van der Waals surface area contributed by atoms with Crippen LogP contribution in [0.3, 0.4) is 0 Å². The number of para-hydroxylation sites is 3. The molecular formula is C22H17N3O4S. The molecule has 1 atom stereocenters. The third-order valence-corrected chi connectivity index (χ3v) is 5.63. The number of benzene rings is 2. The fourth-order valence-electron chi connectivity index (χ4n) is 3.19. The average Bonchev–Trinajstić information content (AvgIpc) is 3.33. The van der Waals surface area contributed by atoms with E-state index in [4.69, 9.17) is 14.2 Å². The maximum absolute atomic E-state index is 12.7. The highest BCUT2D eigenvalue weighted by Gasteiger charge is 2.26. The number of aromatic nitrogens is 3. The molecule has 2 aromatic carbocycles. The number of allylic oxidation sites excluding steroid dienone is 1. The molecule has 1 aliphatic heterocycles. The van der Waals surface area contributed by atoms with Crippen LogP contribution in [0, 0.1) is 0 Å². The van der Waals surface area contributed by atoms with E-state index in [2.05, 4.69) is 10.1 Å². The van der Waals surface area contributed by atoms with E-state index in [0.29, 0.717) is 33.4 Å². The van der Waals surface area contributed by atoms with Crippen LogP contribution in [0.4, 0.5) is 0 Å². The minimum Gasteiger partial charge on any atom is -0.496 e. The zero-order chi connectivity index (χ0) is 20.5. The largest absolute Gasteiger partial charge is 0.496 e. The van der Waals surface area contributed by atoms with Crippen molar-refractivity contribution in [3.8, 4) is 17.2 Å². The molecular weight excluding hydrogens is 402 g/mol. The predicted octanol–water partition coefficient (Wildman–Crippen LogP) is 2.88. The SMILES string of the molecule is COc1ccccc1/C=C/C=c1\sc2nc(C3COc4ccccc4O3)nn2c1=O. The number of methoxy groups -OCH3 is 1. The van der Waals surface area contributed by atoms with Crippen LogP contribution in [0.25, 0.3) is 17.1 Å². The van der Waals surface area contributed by atoms with Gasteiger partial charge in [-0.15, -0.1) is 5.10 Å². The predicted molar refractivity (Wildman–Crippen MR) is 114 cm³/mol. The Morgan fingerprint density at radius 2 is 1.97 bits per heavy atom. The molecule has 1 unspecified atom stereocenters. The maximum Gasteiger partial charge on any atom is 0.291 e. The molecule has 30 heavy (non-hydrogen) atoms. The summed E-state index contributed by atoms with van der Waals surface area (Å²) >= 11 is 1.28. The highest BCUT2D eigenvalue weighted by atomic mass is 32.1. The normalized spacial score (nSPS) is 16.4. The quantitative estimate of drug-likeness (QED) is 0.506. The van der Waals surface area contributed by atoms with E-state index < -0.39 is 6.10 Å². The van der Waals surface area contributed by atoms with Crippen molar-refractivity contribution in [1.29, 1.82) is 0 Å². The van der Waals surface area contributed by atoms with Crippen LogP contribution < -0.4 is 24.3 Å². The Balaban J connectivity index is 1.41. The molecule has 0 saturated carbocycles. The Morgan fingerprint density at radius 1 is 1.17 bits per heavy atom. The molecule has 4 aromatic rings. The van der Waals surface area contributed by atoms with Gasteiger partial charge in [0.1, 0.15) is 12.4 Å². The van der Waals surface area contributed by atoms with Crippen molar-refractivity contribution in [2.75, 3.05) is 13.7 Å². The summed E-state index contributed by atoms with van der Waals surface area (Å²) in [5.74, 6) is 2.54. The fraction of sp³-hybridized carbons (Fsp3) is 0.136. The molecule has 0 aliphatic carbocycles.